The van der Waals surface area contributed by atoms with Gasteiger partial charge in [-0.15, -0.1) is 5.54 Å². The predicted molar refractivity (Wildman–Crippen MR) is 179 cm³/mol. The third-order valence-electron chi connectivity index (χ3n) is 7.17. The highest BCUT2D eigenvalue weighted by Crippen LogP contribution is 2.39. The summed E-state index contributed by atoms with van der Waals surface area (Å²) in [7, 11) is -2.25. The van der Waals surface area contributed by atoms with Crippen molar-refractivity contribution in [2.24, 2.45) is 0 Å². The van der Waals surface area contributed by atoms with Crippen LogP contribution >= 0.6 is 0 Å². The third kappa shape index (κ3) is 8.25. The number of rotatable bonds is 9. The van der Waals surface area contributed by atoms with Gasteiger partial charge in [0.1, 0.15) is 20.8 Å². The quantitative estimate of drug-likeness (QED) is 0.0904. The van der Waals surface area contributed by atoms with Crippen molar-refractivity contribution in [3.8, 4) is 11.5 Å². The summed E-state index contributed by atoms with van der Waals surface area (Å²) in [5.74, 6) is -0.0322. The second-order valence-electron chi connectivity index (χ2n) is 12.0. The van der Waals surface area contributed by atoms with E-state index in [1.807, 2.05) is 19.6 Å². The Labute approximate surface area is 279 Å². The molecule has 4 atom stereocenters. The van der Waals surface area contributed by atoms with Gasteiger partial charge in [0, 0.05) is 0 Å². The molecule has 244 valence electrons. The molecule has 1 unspecified atom stereocenters. The zero-order valence-corrected chi connectivity index (χ0v) is 27.7. The van der Waals surface area contributed by atoms with Crippen molar-refractivity contribution >= 4 is 32.0 Å². The highest BCUT2D eigenvalue weighted by atomic mass is 28.3. The summed E-state index contributed by atoms with van der Waals surface area (Å²) in [6, 6.07) is 32.8. The Morgan fingerprint density at radius 2 is 1.04 bits per heavy atom. The van der Waals surface area contributed by atoms with Crippen LogP contribution in [0.15, 0.2) is 121 Å². The van der Waals surface area contributed by atoms with Gasteiger partial charge in [-0.2, -0.15) is 0 Å². The molecule has 1 aliphatic rings. The zero-order valence-electron chi connectivity index (χ0n) is 26.7. The van der Waals surface area contributed by atoms with Crippen molar-refractivity contribution in [2.75, 3.05) is 6.61 Å². The number of ether oxygens (including phenoxy) is 5. The minimum atomic E-state index is -2.25. The first-order valence-electron chi connectivity index (χ1n) is 15.3. The van der Waals surface area contributed by atoms with E-state index >= 15 is 0 Å². The van der Waals surface area contributed by atoms with Crippen LogP contribution in [0.25, 0.3) is 0 Å². The van der Waals surface area contributed by atoms with Crippen molar-refractivity contribution in [3.63, 3.8) is 0 Å². The van der Waals surface area contributed by atoms with Crippen LogP contribution in [-0.2, 0) is 23.7 Å². The highest BCUT2D eigenvalue weighted by molar-refractivity contribution is 6.83. The molecule has 1 aliphatic heterocycles. The average molecular weight is 663 g/mol. The van der Waals surface area contributed by atoms with Crippen molar-refractivity contribution in [1.29, 1.82) is 0 Å². The van der Waals surface area contributed by atoms with Crippen LogP contribution in [0.4, 0.5) is 0 Å². The molecule has 0 spiro atoms. The van der Waals surface area contributed by atoms with E-state index in [-0.39, 0.29) is 22.3 Å². The van der Waals surface area contributed by atoms with Crippen molar-refractivity contribution in [1.82, 2.24) is 0 Å². The summed E-state index contributed by atoms with van der Waals surface area (Å²) in [5.41, 5.74) is 1.87. The Balaban J connectivity index is 1.62. The van der Waals surface area contributed by atoms with E-state index in [1.54, 1.807) is 121 Å². The van der Waals surface area contributed by atoms with Crippen LogP contribution in [0.2, 0.25) is 19.6 Å². The van der Waals surface area contributed by atoms with E-state index in [0.29, 0.717) is 0 Å². The van der Waals surface area contributed by atoms with Crippen LogP contribution < -0.4 is 0 Å². The smallest absolute Gasteiger partial charge is 0.340 e. The molecular formula is C38H34O9Si. The lowest BCUT2D eigenvalue weighted by Crippen LogP contribution is -2.54. The summed E-state index contributed by atoms with van der Waals surface area (Å²) in [5, 5.41) is 0. The van der Waals surface area contributed by atoms with Crippen molar-refractivity contribution in [3.05, 3.63) is 144 Å². The molecule has 0 N–H and O–H groups in total. The van der Waals surface area contributed by atoms with Gasteiger partial charge in [0.2, 0.25) is 0 Å². The highest BCUT2D eigenvalue weighted by Gasteiger charge is 2.64. The van der Waals surface area contributed by atoms with Crippen molar-refractivity contribution in [2.45, 2.75) is 43.7 Å². The van der Waals surface area contributed by atoms with Gasteiger partial charge in [-0.25, -0.2) is 19.2 Å². The SMILES string of the molecule is C[Si](C)(C)C#C[C@@]1(OC(=O)c2ccccc2)C(OC(=O)c2ccccc2)[C@@H](COC(=O)c2ccccc2)O[C@H]1OC(=O)c1ccccc1. The van der Waals surface area contributed by atoms with E-state index in [0.717, 1.165) is 0 Å². The fraction of sp³-hybridized carbons (Fsp3) is 0.211. The average Bonchev–Trinajstić information content (AvgIpc) is 3.38. The van der Waals surface area contributed by atoms with E-state index < -0.39 is 62.7 Å². The Morgan fingerprint density at radius 1 is 0.625 bits per heavy atom. The number of carbonyl (C=O) groups excluding carboxylic acids is 4. The minimum absolute atomic E-state index is 0.173. The number of hydrogen-bond acceptors (Lipinski definition) is 9. The van der Waals surface area contributed by atoms with Crippen LogP contribution in [0.1, 0.15) is 41.4 Å². The van der Waals surface area contributed by atoms with E-state index in [9.17, 15) is 19.2 Å². The number of benzene rings is 4. The Kier molecular flexibility index (Phi) is 10.5. The number of hydrogen-bond donors (Lipinski definition) is 0. The lowest BCUT2D eigenvalue weighted by atomic mass is 9.94. The van der Waals surface area contributed by atoms with E-state index in [2.05, 4.69) is 11.5 Å². The molecular weight excluding hydrogens is 628 g/mol. The summed E-state index contributed by atoms with van der Waals surface area (Å²) >= 11 is 0. The maximum atomic E-state index is 13.8. The molecule has 4 aromatic rings. The first kappa shape index (κ1) is 33.8. The molecule has 9 nitrogen and oxygen atoms in total. The van der Waals surface area contributed by atoms with Gasteiger partial charge < -0.3 is 23.7 Å². The third-order valence-corrected chi connectivity index (χ3v) is 8.04. The Morgan fingerprint density at radius 3 is 1.50 bits per heavy atom. The normalized spacial score (nSPS) is 20.0. The standard InChI is InChI=1S/C38H34O9Si/c1-48(2,3)25-24-38(47-36(42)30-22-14-7-15-23-30)32(45-34(40)28-18-10-5-11-19-28)31(26-43-33(39)27-16-8-4-9-17-27)44-37(38)46-35(41)29-20-12-6-13-21-29/h4-23,31-32,37H,26H2,1-3H3/t31-,32?,37+,38-/m1/s1. The van der Waals surface area contributed by atoms with Crippen LogP contribution in [0, 0.1) is 11.5 Å². The number of carbonyl (C=O) groups is 4. The molecule has 0 saturated carbocycles. The summed E-state index contributed by atoms with van der Waals surface area (Å²) in [6.07, 6.45) is -4.49. The molecule has 0 aromatic heterocycles. The van der Waals surface area contributed by atoms with Gasteiger partial charge >= 0.3 is 23.9 Å². The minimum Gasteiger partial charge on any atom is -0.459 e. The molecule has 0 amide bonds. The van der Waals surface area contributed by atoms with Gasteiger partial charge in [0.05, 0.1) is 22.3 Å². The Bertz CT molecular complexity index is 1800. The summed E-state index contributed by atoms with van der Waals surface area (Å²) in [4.78, 5) is 53.9. The molecule has 5 rings (SSSR count). The largest absolute Gasteiger partial charge is 0.459 e. The summed E-state index contributed by atoms with van der Waals surface area (Å²) < 4.78 is 30.0. The molecule has 4 aromatic carbocycles. The first-order valence-corrected chi connectivity index (χ1v) is 18.8. The maximum absolute atomic E-state index is 13.8. The lowest BCUT2D eigenvalue weighted by Gasteiger charge is -2.33. The van der Waals surface area contributed by atoms with Gasteiger partial charge in [-0.3, -0.25) is 0 Å². The van der Waals surface area contributed by atoms with Crippen LogP contribution in [-0.4, -0.2) is 62.7 Å². The zero-order chi connectivity index (χ0) is 34.1. The second kappa shape index (κ2) is 14.9. The van der Waals surface area contributed by atoms with Crippen LogP contribution in [0.3, 0.4) is 0 Å². The Hall–Kier alpha value is -5.50. The maximum Gasteiger partial charge on any atom is 0.340 e. The lowest BCUT2D eigenvalue weighted by molar-refractivity contribution is -0.161. The molecule has 1 heterocycles. The fourth-order valence-corrected chi connectivity index (χ4v) is 5.36. The fourth-order valence-electron chi connectivity index (χ4n) is 4.79. The molecule has 0 radical (unpaired) electrons. The van der Waals surface area contributed by atoms with E-state index in [4.69, 9.17) is 23.7 Å². The van der Waals surface area contributed by atoms with Crippen LogP contribution in [0.5, 0.6) is 0 Å². The predicted octanol–water partition coefficient (Wildman–Crippen LogP) is 6.13. The van der Waals surface area contributed by atoms with Gasteiger partial charge in [0.15, 0.2) is 6.10 Å². The topological polar surface area (TPSA) is 114 Å². The molecule has 0 bridgehead atoms. The molecule has 1 fully saturated rings. The molecule has 48 heavy (non-hydrogen) atoms. The molecule has 0 aliphatic carbocycles. The molecule has 1 saturated heterocycles. The monoisotopic (exact) mass is 662 g/mol. The molecule has 10 heteroatoms. The summed E-state index contributed by atoms with van der Waals surface area (Å²) in [6.45, 7) is 5.45. The van der Waals surface area contributed by atoms with Gasteiger partial charge in [-0.1, -0.05) is 98.4 Å². The second-order valence-corrected chi connectivity index (χ2v) is 16.7. The van der Waals surface area contributed by atoms with Gasteiger partial charge in [-0.05, 0) is 48.5 Å². The van der Waals surface area contributed by atoms with Crippen molar-refractivity contribution < 1.29 is 42.9 Å². The number of esters is 4. The van der Waals surface area contributed by atoms with Gasteiger partial charge in [0.25, 0.3) is 11.9 Å². The van der Waals surface area contributed by atoms with E-state index in [1.165, 1.54) is 0 Å². The first-order chi connectivity index (χ1) is 23.1.